The molecule has 0 unspecified atom stereocenters. The van der Waals surface area contributed by atoms with E-state index in [9.17, 15) is 31.5 Å². The number of likely N-dealkylation sites (tertiary alicyclic amines) is 1. The second-order valence-corrected chi connectivity index (χ2v) is 7.92. The van der Waals surface area contributed by atoms with Crippen LogP contribution in [0.5, 0.6) is 5.88 Å². The molecule has 14 heteroatoms. The molecule has 1 aliphatic carbocycles. The van der Waals surface area contributed by atoms with E-state index in [1.54, 1.807) is 0 Å². The highest BCUT2D eigenvalue weighted by atomic mass is 19.4. The Morgan fingerprint density at radius 2 is 1.91 bits per heavy atom. The number of hydrogen-bond acceptors (Lipinski definition) is 7. The van der Waals surface area contributed by atoms with Gasteiger partial charge in [-0.25, -0.2) is 13.5 Å². The summed E-state index contributed by atoms with van der Waals surface area (Å²) in [6.45, 7) is -0.537. The lowest BCUT2D eigenvalue weighted by atomic mass is 9.92. The van der Waals surface area contributed by atoms with Gasteiger partial charge in [0.15, 0.2) is 6.29 Å². The molecule has 2 aromatic rings. The molecular weight excluding hydrogens is 455 g/mol. The average Bonchev–Trinajstić information content (AvgIpc) is 3.20. The monoisotopic (exact) mass is 474 g/mol. The number of carbonyl (C=O) groups excluding carboxylic acids is 2. The van der Waals surface area contributed by atoms with Gasteiger partial charge in [0, 0.05) is 31.1 Å². The molecule has 2 fully saturated rings. The zero-order chi connectivity index (χ0) is 23.8. The number of carbonyl (C=O) groups is 2. The standard InChI is InChI=1S/C19H19F5N6O3/c20-18(21)4-1-11(2-5-18)25-14-7-15(27-17(26-14)30-6-3-12(10-31)28-30)33-13-8-29(9-13)16(32)19(22,23)24/h3,6-7,10-11,13H,1-2,4-5,8-9H2,(H,25,26,27). The van der Waals surface area contributed by atoms with E-state index in [-0.39, 0.29) is 68.2 Å². The number of ether oxygens (including phenoxy) is 1. The predicted molar refractivity (Wildman–Crippen MR) is 102 cm³/mol. The van der Waals surface area contributed by atoms with Crippen molar-refractivity contribution >= 4 is 18.0 Å². The molecule has 0 aromatic carbocycles. The van der Waals surface area contributed by atoms with Crippen molar-refractivity contribution in [1.29, 1.82) is 0 Å². The summed E-state index contributed by atoms with van der Waals surface area (Å²) in [6.07, 6.45) is -3.81. The van der Waals surface area contributed by atoms with Crippen LogP contribution < -0.4 is 10.1 Å². The van der Waals surface area contributed by atoms with Crippen LogP contribution in [0, 0.1) is 0 Å². The molecule has 0 atom stereocenters. The topological polar surface area (TPSA) is 102 Å². The zero-order valence-corrected chi connectivity index (χ0v) is 17.1. The zero-order valence-electron chi connectivity index (χ0n) is 17.1. The van der Waals surface area contributed by atoms with E-state index < -0.39 is 24.1 Å². The highest BCUT2D eigenvalue weighted by Gasteiger charge is 2.47. The van der Waals surface area contributed by atoms with Gasteiger partial charge in [-0.1, -0.05) is 0 Å². The fraction of sp³-hybridized carbons (Fsp3) is 0.526. The Balaban J connectivity index is 1.50. The van der Waals surface area contributed by atoms with Crippen molar-refractivity contribution in [3.8, 4) is 11.8 Å². The number of aldehydes is 1. The lowest BCUT2D eigenvalue weighted by Gasteiger charge is -2.38. The SMILES string of the molecule is O=Cc1ccn(-c2nc(NC3CCC(F)(F)CC3)cc(OC3CN(C(=O)C(F)(F)F)C3)n2)n1. The minimum Gasteiger partial charge on any atom is -0.470 e. The van der Waals surface area contributed by atoms with E-state index in [1.165, 1.54) is 23.0 Å². The van der Waals surface area contributed by atoms with Gasteiger partial charge in [0.05, 0.1) is 13.1 Å². The Hall–Kier alpha value is -3.32. The first kappa shape index (κ1) is 22.9. The van der Waals surface area contributed by atoms with Crippen molar-refractivity contribution in [2.75, 3.05) is 18.4 Å². The maximum atomic E-state index is 13.4. The van der Waals surface area contributed by atoms with Gasteiger partial charge >= 0.3 is 12.1 Å². The molecule has 2 aromatic heterocycles. The molecular formula is C19H19F5N6O3. The number of aromatic nitrogens is 4. The minimum absolute atomic E-state index is 0.00380. The molecule has 178 valence electrons. The second-order valence-electron chi connectivity index (χ2n) is 7.92. The molecule has 0 spiro atoms. The van der Waals surface area contributed by atoms with Crippen molar-refractivity contribution in [3.63, 3.8) is 0 Å². The number of nitrogens with one attached hydrogen (secondary N) is 1. The van der Waals surface area contributed by atoms with E-state index in [2.05, 4.69) is 20.4 Å². The summed E-state index contributed by atoms with van der Waals surface area (Å²) < 4.78 is 71.3. The fourth-order valence-corrected chi connectivity index (χ4v) is 3.58. The van der Waals surface area contributed by atoms with E-state index in [1.807, 2.05) is 0 Å². The molecule has 2 aliphatic rings. The molecule has 1 N–H and O–H groups in total. The molecule has 1 saturated carbocycles. The van der Waals surface area contributed by atoms with Crippen LogP contribution in [0.25, 0.3) is 5.95 Å². The van der Waals surface area contributed by atoms with Crippen LogP contribution in [0.2, 0.25) is 0 Å². The number of amides is 1. The van der Waals surface area contributed by atoms with Crippen molar-refractivity contribution in [2.45, 2.75) is 49.9 Å². The molecule has 1 amide bonds. The van der Waals surface area contributed by atoms with Crippen LogP contribution in [0.3, 0.4) is 0 Å². The summed E-state index contributed by atoms with van der Waals surface area (Å²) in [5.74, 6) is -4.40. The van der Waals surface area contributed by atoms with Crippen LogP contribution in [0.15, 0.2) is 18.3 Å². The van der Waals surface area contributed by atoms with Gasteiger partial charge in [-0.3, -0.25) is 9.59 Å². The minimum atomic E-state index is -4.96. The molecule has 9 nitrogen and oxygen atoms in total. The third kappa shape index (κ3) is 5.37. The Labute approximate surface area is 183 Å². The van der Waals surface area contributed by atoms with Gasteiger partial charge < -0.3 is 15.0 Å². The molecule has 0 radical (unpaired) electrons. The van der Waals surface area contributed by atoms with E-state index in [0.717, 1.165) is 0 Å². The van der Waals surface area contributed by atoms with Crippen LogP contribution in [-0.2, 0) is 4.79 Å². The highest BCUT2D eigenvalue weighted by Crippen LogP contribution is 2.34. The third-order valence-corrected chi connectivity index (χ3v) is 5.36. The normalized spacial score (nSPS) is 19.1. The fourth-order valence-electron chi connectivity index (χ4n) is 3.58. The van der Waals surface area contributed by atoms with Crippen molar-refractivity contribution in [3.05, 3.63) is 24.0 Å². The summed E-state index contributed by atoms with van der Waals surface area (Å²) in [6, 6.07) is 2.55. The first-order valence-corrected chi connectivity index (χ1v) is 10.1. The summed E-state index contributed by atoms with van der Waals surface area (Å²) in [7, 11) is 0. The smallest absolute Gasteiger partial charge is 0.470 e. The Kier molecular flexibility index (Phi) is 5.93. The summed E-state index contributed by atoms with van der Waals surface area (Å²) >= 11 is 0. The van der Waals surface area contributed by atoms with E-state index in [0.29, 0.717) is 11.2 Å². The second kappa shape index (κ2) is 8.56. The number of rotatable bonds is 6. The Morgan fingerprint density at radius 1 is 1.21 bits per heavy atom. The van der Waals surface area contributed by atoms with Gasteiger partial charge in [-0.2, -0.15) is 28.2 Å². The van der Waals surface area contributed by atoms with Crippen molar-refractivity contribution < 1.29 is 36.3 Å². The van der Waals surface area contributed by atoms with Gasteiger partial charge in [-0.15, -0.1) is 0 Å². The number of alkyl halides is 5. The third-order valence-electron chi connectivity index (χ3n) is 5.36. The number of nitrogens with zero attached hydrogens (tertiary/aromatic N) is 5. The molecule has 3 heterocycles. The Bertz CT molecular complexity index is 1030. The molecule has 0 bridgehead atoms. The van der Waals surface area contributed by atoms with Gasteiger partial charge in [0.1, 0.15) is 17.6 Å². The van der Waals surface area contributed by atoms with E-state index >= 15 is 0 Å². The van der Waals surface area contributed by atoms with Crippen molar-refractivity contribution in [2.24, 2.45) is 0 Å². The van der Waals surface area contributed by atoms with Crippen LogP contribution in [0.1, 0.15) is 36.2 Å². The largest absolute Gasteiger partial charge is 0.471 e. The van der Waals surface area contributed by atoms with Crippen molar-refractivity contribution in [1.82, 2.24) is 24.6 Å². The quantitative estimate of drug-likeness (QED) is 0.507. The van der Waals surface area contributed by atoms with E-state index in [4.69, 9.17) is 4.74 Å². The average molecular weight is 474 g/mol. The molecule has 1 aliphatic heterocycles. The van der Waals surface area contributed by atoms with Crippen LogP contribution in [-0.4, -0.2) is 74.2 Å². The summed E-state index contributed by atoms with van der Waals surface area (Å²) in [5, 5.41) is 7.04. The molecule has 4 rings (SSSR count). The highest BCUT2D eigenvalue weighted by molar-refractivity contribution is 5.82. The predicted octanol–water partition coefficient (Wildman–Crippen LogP) is 2.62. The number of anilines is 1. The van der Waals surface area contributed by atoms with Crippen LogP contribution in [0.4, 0.5) is 27.8 Å². The lowest BCUT2D eigenvalue weighted by molar-refractivity contribution is -0.193. The summed E-state index contributed by atoms with van der Waals surface area (Å²) in [5.41, 5.74) is 0.120. The Morgan fingerprint density at radius 3 is 2.52 bits per heavy atom. The molecule has 1 saturated heterocycles. The van der Waals surface area contributed by atoms with Crippen LogP contribution >= 0.6 is 0 Å². The number of hydrogen-bond donors (Lipinski definition) is 1. The lowest BCUT2D eigenvalue weighted by Crippen LogP contribution is -2.59. The van der Waals surface area contributed by atoms with Gasteiger partial charge in [-0.05, 0) is 18.9 Å². The first-order chi connectivity index (χ1) is 15.5. The van der Waals surface area contributed by atoms with Gasteiger partial charge in [0.2, 0.25) is 11.8 Å². The maximum Gasteiger partial charge on any atom is 0.471 e. The summed E-state index contributed by atoms with van der Waals surface area (Å²) in [4.78, 5) is 31.2. The number of halogens is 5. The maximum absolute atomic E-state index is 13.4. The molecule has 33 heavy (non-hydrogen) atoms. The van der Waals surface area contributed by atoms with Gasteiger partial charge in [0.25, 0.3) is 5.95 Å². The first-order valence-electron chi connectivity index (χ1n) is 10.1.